The Hall–Kier alpha value is -1.35. The molecule has 2 aliphatic heterocycles. The minimum Gasteiger partial charge on any atom is -0.341 e. The molecule has 1 saturated carbocycles. The first-order chi connectivity index (χ1) is 11.6. The summed E-state index contributed by atoms with van der Waals surface area (Å²) in [5.41, 5.74) is 2.37. The van der Waals surface area contributed by atoms with E-state index in [1.165, 1.54) is 24.0 Å². The Kier molecular flexibility index (Phi) is 4.16. The molecule has 130 valence electrons. The van der Waals surface area contributed by atoms with E-state index >= 15 is 0 Å². The number of carbonyl (C=O) groups is 1. The maximum Gasteiger partial charge on any atom is 0.233 e. The number of carbonyl (C=O) groups excluding carboxylic acids is 1. The number of likely N-dealkylation sites (tertiary alicyclic amines) is 1. The lowest BCUT2D eigenvalue weighted by atomic mass is 9.77. The predicted octanol–water partition coefficient (Wildman–Crippen LogP) is 3.30. The van der Waals surface area contributed by atoms with Crippen LogP contribution in [-0.2, 0) is 10.2 Å². The summed E-state index contributed by atoms with van der Waals surface area (Å²) in [4.78, 5) is 15.7. The van der Waals surface area contributed by atoms with E-state index in [9.17, 15) is 4.79 Å². The fourth-order valence-electron chi connectivity index (χ4n) is 5.12. The van der Waals surface area contributed by atoms with Crippen LogP contribution in [-0.4, -0.2) is 37.0 Å². The molecule has 3 aliphatic rings. The van der Waals surface area contributed by atoms with E-state index in [-0.39, 0.29) is 5.41 Å². The van der Waals surface area contributed by atoms with Crippen LogP contribution in [0.15, 0.2) is 24.3 Å². The average Bonchev–Trinajstić information content (AvgIpc) is 3.30. The first kappa shape index (κ1) is 16.1. The lowest BCUT2D eigenvalue weighted by molar-refractivity contribution is -0.136. The van der Waals surface area contributed by atoms with Crippen LogP contribution in [0.3, 0.4) is 0 Å². The van der Waals surface area contributed by atoms with Gasteiger partial charge in [-0.3, -0.25) is 4.79 Å². The molecular formula is C21H30N2O. The SMILES string of the molecule is CC(C)c1ccc(C2(C(=O)N3C[C@H]4CNC[C@H]4C3)CCCC2)cc1. The van der Waals surface area contributed by atoms with Crippen molar-refractivity contribution in [3.8, 4) is 0 Å². The lowest BCUT2D eigenvalue weighted by Crippen LogP contribution is -2.45. The van der Waals surface area contributed by atoms with E-state index in [2.05, 4.69) is 48.3 Å². The van der Waals surface area contributed by atoms with Gasteiger partial charge in [0.05, 0.1) is 5.41 Å². The van der Waals surface area contributed by atoms with E-state index in [1.807, 2.05) is 0 Å². The predicted molar refractivity (Wildman–Crippen MR) is 97.1 cm³/mol. The molecule has 0 aromatic heterocycles. The third-order valence-electron chi connectivity index (χ3n) is 6.67. The van der Waals surface area contributed by atoms with E-state index in [4.69, 9.17) is 0 Å². The Balaban J connectivity index is 1.60. The highest BCUT2D eigenvalue weighted by Gasteiger charge is 2.48. The van der Waals surface area contributed by atoms with E-state index < -0.39 is 0 Å². The topological polar surface area (TPSA) is 32.3 Å². The van der Waals surface area contributed by atoms with Crippen LogP contribution in [0.5, 0.6) is 0 Å². The third kappa shape index (κ3) is 2.57. The molecule has 3 fully saturated rings. The molecule has 0 bridgehead atoms. The largest absolute Gasteiger partial charge is 0.341 e. The lowest BCUT2D eigenvalue weighted by Gasteiger charge is -2.33. The second kappa shape index (κ2) is 6.18. The molecule has 1 N–H and O–H groups in total. The zero-order valence-corrected chi connectivity index (χ0v) is 15.1. The third-order valence-corrected chi connectivity index (χ3v) is 6.67. The highest BCUT2D eigenvalue weighted by Crippen LogP contribution is 2.44. The standard InChI is InChI=1S/C21H30N2O/c1-15(2)16-5-7-19(8-6-16)21(9-3-4-10-21)20(24)23-13-17-11-22-12-18(17)14-23/h5-8,15,17-18,22H,3-4,9-14H2,1-2H3/t17-,18+. The van der Waals surface area contributed by atoms with Gasteiger partial charge in [0.15, 0.2) is 0 Å². The zero-order chi connectivity index (χ0) is 16.7. The number of amides is 1. The van der Waals surface area contributed by atoms with E-state index in [0.717, 1.165) is 39.0 Å². The number of benzene rings is 1. The molecule has 0 radical (unpaired) electrons. The first-order valence-electron chi connectivity index (χ1n) is 9.71. The van der Waals surface area contributed by atoms with Crippen LogP contribution in [0, 0.1) is 11.8 Å². The highest BCUT2D eigenvalue weighted by molar-refractivity contribution is 5.89. The van der Waals surface area contributed by atoms with Crippen LogP contribution in [0.1, 0.15) is 56.6 Å². The summed E-state index contributed by atoms with van der Waals surface area (Å²) in [7, 11) is 0. The molecule has 3 heteroatoms. The van der Waals surface area contributed by atoms with Crippen LogP contribution in [0.2, 0.25) is 0 Å². The summed E-state index contributed by atoms with van der Waals surface area (Å²) in [5.74, 6) is 2.30. The van der Waals surface area contributed by atoms with Crippen LogP contribution >= 0.6 is 0 Å². The number of fused-ring (bicyclic) bond motifs is 1. The van der Waals surface area contributed by atoms with Crippen molar-refractivity contribution in [2.45, 2.75) is 50.9 Å². The molecule has 0 unspecified atom stereocenters. The molecule has 24 heavy (non-hydrogen) atoms. The van der Waals surface area contributed by atoms with Crippen LogP contribution in [0.4, 0.5) is 0 Å². The van der Waals surface area contributed by atoms with E-state index in [1.54, 1.807) is 0 Å². The molecule has 4 rings (SSSR count). The number of rotatable bonds is 3. The first-order valence-corrected chi connectivity index (χ1v) is 9.71. The maximum atomic E-state index is 13.5. The molecule has 1 aliphatic carbocycles. The van der Waals surface area contributed by atoms with Gasteiger partial charge in [-0.15, -0.1) is 0 Å². The fourth-order valence-corrected chi connectivity index (χ4v) is 5.12. The summed E-state index contributed by atoms with van der Waals surface area (Å²) >= 11 is 0. The van der Waals surface area contributed by atoms with Gasteiger partial charge < -0.3 is 10.2 Å². The molecule has 2 heterocycles. The minimum absolute atomic E-state index is 0.248. The number of hydrogen-bond donors (Lipinski definition) is 1. The molecule has 3 nitrogen and oxygen atoms in total. The fraction of sp³-hybridized carbons (Fsp3) is 0.667. The quantitative estimate of drug-likeness (QED) is 0.924. The van der Waals surface area contributed by atoms with Gasteiger partial charge in [-0.1, -0.05) is 51.0 Å². The highest BCUT2D eigenvalue weighted by atomic mass is 16.2. The van der Waals surface area contributed by atoms with Gasteiger partial charge in [0.25, 0.3) is 0 Å². The van der Waals surface area contributed by atoms with Crippen molar-refractivity contribution in [2.24, 2.45) is 11.8 Å². The molecule has 1 amide bonds. The summed E-state index contributed by atoms with van der Waals surface area (Å²) in [6.07, 6.45) is 4.41. The van der Waals surface area contributed by atoms with Crippen molar-refractivity contribution in [2.75, 3.05) is 26.2 Å². The molecule has 1 aromatic carbocycles. The Morgan fingerprint density at radius 1 is 1.08 bits per heavy atom. The van der Waals surface area contributed by atoms with Gasteiger partial charge in [-0.25, -0.2) is 0 Å². The molecular weight excluding hydrogens is 296 g/mol. The molecule has 2 saturated heterocycles. The number of nitrogens with one attached hydrogen (secondary N) is 1. The van der Waals surface area contributed by atoms with Gasteiger partial charge in [0.2, 0.25) is 5.91 Å². The van der Waals surface area contributed by atoms with Crippen molar-refractivity contribution in [3.63, 3.8) is 0 Å². The summed E-state index contributed by atoms with van der Waals surface area (Å²) in [6, 6.07) is 8.93. The van der Waals surface area contributed by atoms with Crippen molar-refractivity contribution in [1.29, 1.82) is 0 Å². The van der Waals surface area contributed by atoms with Gasteiger partial charge in [0.1, 0.15) is 0 Å². The monoisotopic (exact) mass is 326 g/mol. The van der Waals surface area contributed by atoms with Gasteiger partial charge in [0, 0.05) is 26.2 Å². The summed E-state index contributed by atoms with van der Waals surface area (Å²) < 4.78 is 0. The summed E-state index contributed by atoms with van der Waals surface area (Å²) in [5, 5.41) is 3.47. The van der Waals surface area contributed by atoms with Crippen LogP contribution in [0.25, 0.3) is 0 Å². The van der Waals surface area contributed by atoms with Gasteiger partial charge in [-0.05, 0) is 41.7 Å². The second-order valence-corrected chi connectivity index (χ2v) is 8.45. The van der Waals surface area contributed by atoms with Gasteiger partial charge >= 0.3 is 0 Å². The van der Waals surface area contributed by atoms with Crippen molar-refractivity contribution in [1.82, 2.24) is 10.2 Å². The molecule has 2 atom stereocenters. The Morgan fingerprint density at radius 3 is 2.21 bits per heavy atom. The Bertz CT molecular complexity index is 589. The number of nitrogens with zero attached hydrogens (tertiary/aromatic N) is 1. The van der Waals surface area contributed by atoms with E-state index in [0.29, 0.717) is 23.7 Å². The normalized spacial score (nSPS) is 28.5. The summed E-state index contributed by atoms with van der Waals surface area (Å²) in [6.45, 7) is 8.55. The maximum absolute atomic E-state index is 13.5. The smallest absolute Gasteiger partial charge is 0.233 e. The second-order valence-electron chi connectivity index (χ2n) is 8.45. The average molecular weight is 326 g/mol. The molecule has 1 aromatic rings. The molecule has 0 spiro atoms. The Morgan fingerprint density at radius 2 is 1.67 bits per heavy atom. The van der Waals surface area contributed by atoms with Gasteiger partial charge in [-0.2, -0.15) is 0 Å². The van der Waals surface area contributed by atoms with Crippen molar-refractivity contribution in [3.05, 3.63) is 35.4 Å². The Labute approximate surface area is 145 Å². The van der Waals surface area contributed by atoms with Crippen molar-refractivity contribution < 1.29 is 4.79 Å². The van der Waals surface area contributed by atoms with Crippen molar-refractivity contribution >= 4 is 5.91 Å². The minimum atomic E-state index is -0.248. The zero-order valence-electron chi connectivity index (χ0n) is 15.1. The van der Waals surface area contributed by atoms with Crippen LogP contribution < -0.4 is 5.32 Å². The number of hydrogen-bond acceptors (Lipinski definition) is 2.